The van der Waals surface area contributed by atoms with E-state index in [1.807, 2.05) is 0 Å². The lowest BCUT2D eigenvalue weighted by atomic mass is 10.7. The van der Waals surface area contributed by atoms with Crippen LogP contribution in [0.15, 0.2) is 0 Å². The van der Waals surface area contributed by atoms with Crippen LogP contribution in [0.25, 0.3) is 0 Å². The molecule has 0 aliphatic carbocycles. The maximum absolute atomic E-state index is 10.6. The molecule has 0 atom stereocenters. The van der Waals surface area contributed by atoms with E-state index in [2.05, 4.69) is 0 Å². The standard InChI is InChI=1S/C2HF3O2.CH4.H3N/c3-2(4,5)1(6)7;;/h(H,6,7);1H4;1H3. The van der Waals surface area contributed by atoms with E-state index in [9.17, 15) is 13.2 Å². The summed E-state index contributed by atoms with van der Waals surface area (Å²) in [4.78, 5) is 8.90. The average Bonchev–Trinajstić information content (AvgIpc) is 1.31. The molecule has 4 N–H and O–H groups in total. The summed E-state index contributed by atoms with van der Waals surface area (Å²) in [6.07, 6.45) is -5.08. The van der Waals surface area contributed by atoms with Crippen molar-refractivity contribution < 1.29 is 23.1 Å². The van der Waals surface area contributed by atoms with Crippen molar-refractivity contribution in [3.8, 4) is 0 Å². The summed E-state index contributed by atoms with van der Waals surface area (Å²) in [6, 6.07) is 0. The van der Waals surface area contributed by atoms with Gasteiger partial charge in [-0.1, -0.05) is 7.43 Å². The SMILES string of the molecule is C.N.O=C(O)C(F)(F)F. The molecule has 0 fully saturated rings. The maximum atomic E-state index is 10.6. The molecular formula is C3H8F3NO2. The zero-order chi connectivity index (χ0) is 6.08. The van der Waals surface area contributed by atoms with E-state index in [-0.39, 0.29) is 13.6 Å². The molecule has 9 heavy (non-hydrogen) atoms. The maximum Gasteiger partial charge on any atom is 0.490 e. The van der Waals surface area contributed by atoms with Crippen molar-refractivity contribution in [2.45, 2.75) is 13.6 Å². The Balaban J connectivity index is -0.000000180. The Morgan fingerprint density at radius 3 is 1.44 bits per heavy atom. The monoisotopic (exact) mass is 147 g/mol. The van der Waals surface area contributed by atoms with Gasteiger partial charge in [0.1, 0.15) is 0 Å². The van der Waals surface area contributed by atoms with Gasteiger partial charge >= 0.3 is 12.1 Å². The number of aliphatic carboxylic acids is 1. The molecular weight excluding hydrogens is 139 g/mol. The molecule has 0 aromatic carbocycles. The normalized spacial score (nSPS) is 8.78. The van der Waals surface area contributed by atoms with Crippen LogP contribution in [0.5, 0.6) is 0 Å². The summed E-state index contributed by atoms with van der Waals surface area (Å²) in [6.45, 7) is 0. The van der Waals surface area contributed by atoms with Crippen molar-refractivity contribution in [2.75, 3.05) is 0 Å². The highest BCUT2D eigenvalue weighted by Gasteiger charge is 2.38. The minimum absolute atomic E-state index is 0. The molecule has 0 rings (SSSR count). The average molecular weight is 147 g/mol. The molecule has 3 nitrogen and oxygen atoms in total. The Hall–Kier alpha value is -0.780. The summed E-state index contributed by atoms with van der Waals surface area (Å²) >= 11 is 0. The van der Waals surface area contributed by atoms with Gasteiger partial charge < -0.3 is 11.3 Å². The molecule has 0 bridgehead atoms. The van der Waals surface area contributed by atoms with Crippen LogP contribution in [0.1, 0.15) is 7.43 Å². The van der Waals surface area contributed by atoms with E-state index in [1.54, 1.807) is 0 Å². The highest BCUT2D eigenvalue weighted by Crippen LogP contribution is 2.13. The fourth-order valence-corrected chi connectivity index (χ4v) is 0. The molecule has 0 saturated heterocycles. The first-order valence-corrected chi connectivity index (χ1v) is 1.24. The first-order valence-electron chi connectivity index (χ1n) is 1.24. The van der Waals surface area contributed by atoms with Gasteiger partial charge in [-0.05, 0) is 0 Å². The van der Waals surface area contributed by atoms with Gasteiger partial charge in [0.25, 0.3) is 0 Å². The van der Waals surface area contributed by atoms with Gasteiger partial charge in [0.2, 0.25) is 0 Å². The molecule has 0 aliphatic rings. The van der Waals surface area contributed by atoms with Crippen LogP contribution in [0, 0.1) is 0 Å². The summed E-state index contributed by atoms with van der Waals surface area (Å²) in [5.74, 6) is -2.76. The number of hydrogen-bond acceptors (Lipinski definition) is 2. The van der Waals surface area contributed by atoms with Gasteiger partial charge in [0.05, 0.1) is 0 Å². The zero-order valence-corrected chi connectivity index (χ0v) is 3.70. The third-order valence-corrected chi connectivity index (χ3v) is 0.243. The Morgan fingerprint density at radius 2 is 1.44 bits per heavy atom. The number of halogens is 3. The fraction of sp³-hybridized carbons (Fsp3) is 0.667. The van der Waals surface area contributed by atoms with Crippen molar-refractivity contribution in [1.29, 1.82) is 0 Å². The molecule has 0 aromatic heterocycles. The Bertz CT molecular complexity index is 89.5. The molecule has 0 saturated carbocycles. The molecule has 6 heteroatoms. The third-order valence-electron chi connectivity index (χ3n) is 0.243. The zero-order valence-electron chi connectivity index (χ0n) is 3.70. The van der Waals surface area contributed by atoms with Crippen LogP contribution in [-0.2, 0) is 4.79 Å². The van der Waals surface area contributed by atoms with Crippen molar-refractivity contribution >= 4 is 5.97 Å². The number of carbonyl (C=O) groups is 1. The lowest BCUT2D eigenvalue weighted by Crippen LogP contribution is -2.21. The van der Waals surface area contributed by atoms with E-state index in [4.69, 9.17) is 9.90 Å². The van der Waals surface area contributed by atoms with Crippen LogP contribution in [-0.4, -0.2) is 17.3 Å². The minimum Gasteiger partial charge on any atom is -0.475 e. The topological polar surface area (TPSA) is 72.3 Å². The highest BCUT2D eigenvalue weighted by molar-refractivity contribution is 5.73. The number of alkyl halides is 3. The van der Waals surface area contributed by atoms with Crippen molar-refractivity contribution in [2.24, 2.45) is 0 Å². The summed E-state index contributed by atoms with van der Waals surface area (Å²) in [5.41, 5.74) is 0. The summed E-state index contributed by atoms with van der Waals surface area (Å²) < 4.78 is 31.7. The van der Waals surface area contributed by atoms with Gasteiger partial charge in [0.15, 0.2) is 0 Å². The van der Waals surface area contributed by atoms with E-state index in [0.29, 0.717) is 0 Å². The molecule has 0 radical (unpaired) electrons. The van der Waals surface area contributed by atoms with Gasteiger partial charge in [-0.25, -0.2) is 4.79 Å². The van der Waals surface area contributed by atoms with Crippen molar-refractivity contribution in [3.05, 3.63) is 0 Å². The predicted molar refractivity (Wildman–Crippen MR) is 25.4 cm³/mol. The minimum atomic E-state index is -5.08. The van der Waals surface area contributed by atoms with E-state index < -0.39 is 12.1 Å². The quantitative estimate of drug-likeness (QED) is 0.544. The van der Waals surface area contributed by atoms with E-state index in [0.717, 1.165) is 0 Å². The Labute approximate surface area is 50.1 Å². The van der Waals surface area contributed by atoms with Crippen molar-refractivity contribution in [1.82, 2.24) is 6.15 Å². The first-order chi connectivity index (χ1) is 2.94. The van der Waals surface area contributed by atoms with E-state index >= 15 is 0 Å². The molecule has 0 unspecified atom stereocenters. The summed E-state index contributed by atoms with van der Waals surface area (Å²) in [5, 5.41) is 7.12. The largest absolute Gasteiger partial charge is 0.490 e. The van der Waals surface area contributed by atoms with Crippen molar-refractivity contribution in [3.63, 3.8) is 0 Å². The van der Waals surface area contributed by atoms with Gasteiger partial charge in [-0.15, -0.1) is 0 Å². The molecule has 0 amide bonds. The summed E-state index contributed by atoms with van der Waals surface area (Å²) in [7, 11) is 0. The second-order valence-corrected chi connectivity index (χ2v) is 0.803. The smallest absolute Gasteiger partial charge is 0.475 e. The van der Waals surface area contributed by atoms with Crippen LogP contribution in [0.2, 0.25) is 0 Å². The molecule has 0 aliphatic heterocycles. The Morgan fingerprint density at radius 1 is 1.33 bits per heavy atom. The van der Waals surface area contributed by atoms with E-state index in [1.165, 1.54) is 0 Å². The molecule has 0 aromatic rings. The molecule has 0 heterocycles. The highest BCUT2D eigenvalue weighted by atomic mass is 19.4. The van der Waals surface area contributed by atoms with Crippen LogP contribution >= 0.6 is 0 Å². The predicted octanol–water partition coefficient (Wildman–Crippen LogP) is 1.43. The lowest BCUT2D eigenvalue weighted by molar-refractivity contribution is -0.192. The molecule has 0 spiro atoms. The Kier molecular flexibility index (Phi) is 7.22. The van der Waals surface area contributed by atoms with Gasteiger partial charge in [-0.3, -0.25) is 0 Å². The van der Waals surface area contributed by atoms with Gasteiger partial charge in [0, 0.05) is 0 Å². The number of carboxylic acids is 1. The second-order valence-electron chi connectivity index (χ2n) is 0.803. The van der Waals surface area contributed by atoms with Crippen LogP contribution < -0.4 is 6.15 Å². The number of rotatable bonds is 0. The number of carboxylic acid groups (broad SMARTS) is 1. The third kappa shape index (κ3) is 7.22. The lowest BCUT2D eigenvalue weighted by Gasteiger charge is -1.93. The van der Waals surface area contributed by atoms with Crippen LogP contribution in [0.4, 0.5) is 13.2 Å². The van der Waals surface area contributed by atoms with Crippen LogP contribution in [0.3, 0.4) is 0 Å². The first kappa shape index (κ1) is 15.7. The second kappa shape index (κ2) is 4.13. The van der Waals surface area contributed by atoms with Gasteiger partial charge in [-0.2, -0.15) is 13.2 Å². The number of hydrogen-bond donors (Lipinski definition) is 2. The fourth-order valence-electron chi connectivity index (χ4n) is 0. The molecule has 58 valence electrons.